The molecule has 0 aliphatic rings. The minimum absolute atomic E-state index is 1.00. The van der Waals surface area contributed by atoms with Gasteiger partial charge in [-0.05, 0) is 65.0 Å². The fraction of sp³-hybridized carbons (Fsp3) is 0. The molecule has 0 amide bonds. The van der Waals surface area contributed by atoms with E-state index >= 15 is 0 Å². The van der Waals surface area contributed by atoms with E-state index in [4.69, 9.17) is 10.8 Å². The number of aromatic amines is 1. The lowest BCUT2D eigenvalue weighted by Gasteiger charge is -2.09. The Labute approximate surface area is 167 Å². The Morgan fingerprint density at radius 2 is 1.55 bits per heavy atom. The van der Waals surface area contributed by atoms with Crippen LogP contribution >= 0.6 is 0 Å². The molecule has 6 aromatic rings. The van der Waals surface area contributed by atoms with Crippen molar-refractivity contribution in [3.05, 3.63) is 91.4 Å². The molecule has 0 atom stereocenters. The Kier molecular flexibility index (Phi) is 3.29. The van der Waals surface area contributed by atoms with Crippen molar-refractivity contribution in [1.82, 2.24) is 14.6 Å². The second-order valence-corrected chi connectivity index (χ2v) is 7.37. The molecule has 0 saturated heterocycles. The molecule has 4 nitrogen and oxygen atoms in total. The summed E-state index contributed by atoms with van der Waals surface area (Å²) in [5.74, 6) is 5.96. The van der Waals surface area contributed by atoms with Gasteiger partial charge in [0.1, 0.15) is 0 Å². The fourth-order valence-corrected chi connectivity index (χ4v) is 4.12. The zero-order valence-electron chi connectivity index (χ0n) is 15.6. The zero-order valence-corrected chi connectivity index (χ0v) is 15.6. The summed E-state index contributed by atoms with van der Waals surface area (Å²) in [4.78, 5) is 7.98. The normalized spacial score (nSPS) is 11.6. The van der Waals surface area contributed by atoms with Crippen LogP contribution in [0.15, 0.2) is 91.4 Å². The highest BCUT2D eigenvalue weighted by atomic mass is 15.3. The molecular weight excluding hydrogens is 356 g/mol. The third kappa shape index (κ3) is 2.50. The molecule has 0 saturated carbocycles. The Morgan fingerprint density at radius 3 is 2.52 bits per heavy atom. The van der Waals surface area contributed by atoms with E-state index in [0.29, 0.717) is 0 Å². The van der Waals surface area contributed by atoms with E-state index in [1.165, 1.54) is 21.9 Å². The van der Waals surface area contributed by atoms with Crippen LogP contribution < -0.4 is 5.84 Å². The van der Waals surface area contributed by atoms with Crippen LogP contribution in [0.5, 0.6) is 0 Å². The van der Waals surface area contributed by atoms with E-state index in [1.54, 1.807) is 4.68 Å². The van der Waals surface area contributed by atoms with Gasteiger partial charge in [-0.15, -0.1) is 0 Å². The van der Waals surface area contributed by atoms with E-state index in [9.17, 15) is 0 Å². The molecule has 29 heavy (non-hydrogen) atoms. The van der Waals surface area contributed by atoms with Gasteiger partial charge < -0.3 is 10.8 Å². The van der Waals surface area contributed by atoms with Gasteiger partial charge in [-0.2, -0.15) is 0 Å². The predicted molar refractivity (Wildman–Crippen MR) is 120 cm³/mol. The van der Waals surface area contributed by atoms with Gasteiger partial charge in [-0.3, -0.25) is 9.66 Å². The number of nitrogens with zero attached hydrogens (tertiary/aromatic N) is 2. The van der Waals surface area contributed by atoms with Crippen molar-refractivity contribution < 1.29 is 0 Å². The van der Waals surface area contributed by atoms with Crippen molar-refractivity contribution in [3.8, 4) is 22.4 Å². The summed E-state index contributed by atoms with van der Waals surface area (Å²) in [6.45, 7) is 0. The summed E-state index contributed by atoms with van der Waals surface area (Å²) in [5, 5.41) is 4.65. The third-order valence-corrected chi connectivity index (χ3v) is 5.65. The lowest BCUT2D eigenvalue weighted by molar-refractivity contribution is 1.07. The molecule has 6 rings (SSSR count). The van der Waals surface area contributed by atoms with Crippen LogP contribution in [0.3, 0.4) is 0 Å². The van der Waals surface area contributed by atoms with Crippen molar-refractivity contribution in [2.45, 2.75) is 0 Å². The van der Waals surface area contributed by atoms with Gasteiger partial charge in [0.25, 0.3) is 0 Å². The predicted octanol–water partition coefficient (Wildman–Crippen LogP) is 5.72. The summed E-state index contributed by atoms with van der Waals surface area (Å²) in [5.41, 5.74) is 6.62. The van der Waals surface area contributed by atoms with Crippen molar-refractivity contribution in [3.63, 3.8) is 0 Å². The number of fused-ring (bicyclic) bond motifs is 3. The highest BCUT2D eigenvalue weighted by molar-refractivity contribution is 5.99. The molecule has 3 aromatic heterocycles. The molecule has 0 aliphatic carbocycles. The lowest BCUT2D eigenvalue weighted by Crippen LogP contribution is -2.04. The maximum absolute atomic E-state index is 5.96. The minimum Gasteiger partial charge on any atom is -0.361 e. The zero-order chi connectivity index (χ0) is 19.4. The summed E-state index contributed by atoms with van der Waals surface area (Å²) in [7, 11) is 0. The average Bonchev–Trinajstić information content (AvgIpc) is 3.38. The van der Waals surface area contributed by atoms with Gasteiger partial charge in [-0.1, -0.05) is 24.3 Å². The molecule has 4 heteroatoms. The quantitative estimate of drug-likeness (QED) is 0.381. The molecule has 0 fully saturated rings. The van der Waals surface area contributed by atoms with Crippen molar-refractivity contribution in [1.29, 1.82) is 0 Å². The van der Waals surface area contributed by atoms with Gasteiger partial charge in [0, 0.05) is 45.8 Å². The number of rotatable bonds is 2. The van der Waals surface area contributed by atoms with Crippen LogP contribution in [-0.2, 0) is 0 Å². The third-order valence-electron chi connectivity index (χ3n) is 5.65. The Bertz CT molecular complexity index is 1520. The van der Waals surface area contributed by atoms with Crippen LogP contribution in [0.4, 0.5) is 0 Å². The summed E-state index contributed by atoms with van der Waals surface area (Å²) >= 11 is 0. The van der Waals surface area contributed by atoms with Gasteiger partial charge in [-0.25, -0.2) is 0 Å². The Balaban J connectivity index is 1.55. The molecule has 3 N–H and O–H groups in total. The molecule has 0 spiro atoms. The number of H-pyrrole nitrogens is 1. The van der Waals surface area contributed by atoms with E-state index in [2.05, 4.69) is 71.7 Å². The lowest BCUT2D eigenvalue weighted by atomic mass is 9.97. The number of aromatic nitrogens is 3. The number of pyridine rings is 1. The van der Waals surface area contributed by atoms with E-state index in [1.807, 2.05) is 24.7 Å². The first kappa shape index (κ1) is 16.0. The first-order chi connectivity index (χ1) is 14.3. The minimum atomic E-state index is 1.00. The first-order valence-electron chi connectivity index (χ1n) is 9.59. The van der Waals surface area contributed by atoms with Crippen molar-refractivity contribution in [2.24, 2.45) is 0 Å². The Morgan fingerprint density at radius 1 is 0.724 bits per heavy atom. The van der Waals surface area contributed by atoms with Crippen LogP contribution in [0.1, 0.15) is 0 Å². The van der Waals surface area contributed by atoms with Crippen LogP contribution in [0.2, 0.25) is 0 Å². The molecule has 0 unspecified atom stereocenters. The molecule has 0 radical (unpaired) electrons. The van der Waals surface area contributed by atoms with Gasteiger partial charge >= 0.3 is 0 Å². The van der Waals surface area contributed by atoms with Crippen molar-refractivity contribution in [2.75, 3.05) is 5.84 Å². The maximum Gasteiger partial charge on any atom is 0.0780 e. The largest absolute Gasteiger partial charge is 0.361 e. The van der Waals surface area contributed by atoms with Gasteiger partial charge in [0.05, 0.1) is 11.2 Å². The maximum atomic E-state index is 5.96. The summed E-state index contributed by atoms with van der Waals surface area (Å²) in [6.07, 6.45) is 5.73. The van der Waals surface area contributed by atoms with Gasteiger partial charge in [0.2, 0.25) is 0 Å². The van der Waals surface area contributed by atoms with Gasteiger partial charge in [0.15, 0.2) is 0 Å². The van der Waals surface area contributed by atoms with Crippen LogP contribution in [0.25, 0.3) is 55.0 Å². The molecule has 138 valence electrons. The molecule has 0 bridgehead atoms. The number of hydrogen-bond donors (Lipinski definition) is 2. The highest BCUT2D eigenvalue weighted by Gasteiger charge is 2.09. The molecule has 0 aliphatic heterocycles. The fourth-order valence-electron chi connectivity index (χ4n) is 4.12. The number of hydrogen-bond acceptors (Lipinski definition) is 2. The van der Waals surface area contributed by atoms with Crippen molar-refractivity contribution >= 4 is 32.6 Å². The molecular formula is C25H18N4. The number of nitrogens with one attached hydrogen (secondary N) is 1. The number of nitrogen functional groups attached to an aromatic ring is 1. The van der Waals surface area contributed by atoms with E-state index in [0.717, 1.165) is 33.1 Å². The number of nitrogens with two attached hydrogens (primary N) is 1. The number of benzene rings is 3. The van der Waals surface area contributed by atoms with Crippen LogP contribution in [-0.4, -0.2) is 14.6 Å². The van der Waals surface area contributed by atoms with E-state index in [-0.39, 0.29) is 0 Å². The van der Waals surface area contributed by atoms with Crippen LogP contribution in [0, 0.1) is 0 Å². The topological polar surface area (TPSA) is 59.6 Å². The summed E-state index contributed by atoms with van der Waals surface area (Å²) in [6, 6.07) is 25.6. The monoisotopic (exact) mass is 374 g/mol. The SMILES string of the molecule is Nn1ccc2cc(-c3ccc4ccnc(-c5ccc6[nH]ccc6c5)c4c3)ccc21. The van der Waals surface area contributed by atoms with E-state index < -0.39 is 0 Å². The smallest absolute Gasteiger partial charge is 0.0780 e. The molecule has 3 aromatic carbocycles. The second-order valence-electron chi connectivity index (χ2n) is 7.37. The standard InChI is InChI=1S/C25H18N4/c26-29-12-9-20-13-17(4-6-24(20)29)18-2-1-16-7-11-28-25(22(16)15-18)21-3-5-23-19(14-21)8-10-27-23/h1-15,27H,26H2. The first-order valence-corrected chi connectivity index (χ1v) is 9.59. The summed E-state index contributed by atoms with van der Waals surface area (Å²) < 4.78 is 1.65. The molecule has 3 heterocycles. The Hall–Kier alpha value is -4.05. The average molecular weight is 374 g/mol. The highest BCUT2D eigenvalue weighted by Crippen LogP contribution is 2.33. The second kappa shape index (κ2) is 5.97.